The number of anilines is 2. The standard InChI is InChI=1S/C17H17N5O3S2/c18-27(24,25)13-6-4-12(5-7-13)8-10-20-16(23)14-11-26-17(21-14)22-15-3-1-2-9-19-15/h1-7,9,11H,8,10H2,(H,20,23)(H2,18,24,25)(H,19,21,22). The van der Waals surface area contributed by atoms with E-state index in [1.54, 1.807) is 23.7 Å². The molecule has 1 aromatic carbocycles. The Morgan fingerprint density at radius 1 is 1.15 bits per heavy atom. The average molecular weight is 403 g/mol. The van der Waals surface area contributed by atoms with Crippen LogP contribution in [0.15, 0.2) is 58.9 Å². The fourth-order valence-corrected chi connectivity index (χ4v) is 3.45. The van der Waals surface area contributed by atoms with Gasteiger partial charge in [0.1, 0.15) is 11.5 Å². The Hall–Kier alpha value is -2.82. The number of benzene rings is 1. The molecular weight excluding hydrogens is 386 g/mol. The number of nitrogens with one attached hydrogen (secondary N) is 2. The number of nitrogens with zero attached hydrogens (tertiary/aromatic N) is 2. The Bertz CT molecular complexity index is 1020. The van der Waals surface area contributed by atoms with E-state index in [0.29, 0.717) is 29.6 Å². The third kappa shape index (κ3) is 5.33. The number of primary sulfonamides is 1. The summed E-state index contributed by atoms with van der Waals surface area (Å²) in [5, 5.41) is 13.1. The van der Waals surface area contributed by atoms with Crippen LogP contribution in [0.4, 0.5) is 10.9 Å². The fourth-order valence-electron chi connectivity index (χ4n) is 2.24. The Morgan fingerprint density at radius 3 is 2.59 bits per heavy atom. The molecule has 0 aliphatic heterocycles. The van der Waals surface area contributed by atoms with E-state index in [1.165, 1.54) is 23.5 Å². The van der Waals surface area contributed by atoms with E-state index in [0.717, 1.165) is 5.56 Å². The molecule has 10 heteroatoms. The van der Waals surface area contributed by atoms with Crippen molar-refractivity contribution >= 4 is 38.2 Å². The van der Waals surface area contributed by atoms with Gasteiger partial charge < -0.3 is 10.6 Å². The largest absolute Gasteiger partial charge is 0.350 e. The number of sulfonamides is 1. The van der Waals surface area contributed by atoms with Crippen LogP contribution in [-0.2, 0) is 16.4 Å². The van der Waals surface area contributed by atoms with E-state index >= 15 is 0 Å². The van der Waals surface area contributed by atoms with Crippen LogP contribution in [0.1, 0.15) is 16.1 Å². The summed E-state index contributed by atoms with van der Waals surface area (Å²) in [5.74, 6) is 0.378. The van der Waals surface area contributed by atoms with E-state index in [-0.39, 0.29) is 10.8 Å². The van der Waals surface area contributed by atoms with Crippen molar-refractivity contribution in [2.45, 2.75) is 11.3 Å². The molecule has 0 saturated carbocycles. The summed E-state index contributed by atoms with van der Waals surface area (Å²) in [6.45, 7) is 0.397. The summed E-state index contributed by atoms with van der Waals surface area (Å²) in [6.07, 6.45) is 2.22. The van der Waals surface area contributed by atoms with E-state index in [4.69, 9.17) is 5.14 Å². The maximum absolute atomic E-state index is 12.2. The molecule has 140 valence electrons. The topological polar surface area (TPSA) is 127 Å². The number of rotatable bonds is 7. The molecule has 0 radical (unpaired) electrons. The number of amides is 1. The lowest BCUT2D eigenvalue weighted by atomic mass is 10.1. The maximum atomic E-state index is 12.2. The van der Waals surface area contributed by atoms with E-state index in [2.05, 4.69) is 20.6 Å². The molecule has 3 rings (SSSR count). The second kappa shape index (κ2) is 8.25. The molecule has 4 N–H and O–H groups in total. The zero-order valence-electron chi connectivity index (χ0n) is 14.1. The molecule has 0 aliphatic carbocycles. The van der Waals surface area contributed by atoms with Gasteiger partial charge in [0.05, 0.1) is 4.90 Å². The highest BCUT2D eigenvalue weighted by Crippen LogP contribution is 2.19. The number of thiazole rings is 1. The SMILES string of the molecule is NS(=O)(=O)c1ccc(CCNC(=O)c2csc(Nc3ccccn3)n2)cc1. The van der Waals surface area contributed by atoms with E-state index < -0.39 is 10.0 Å². The van der Waals surface area contributed by atoms with Crippen LogP contribution in [0.25, 0.3) is 0 Å². The number of carbonyl (C=O) groups is 1. The number of nitrogens with two attached hydrogens (primary N) is 1. The molecule has 2 aromatic heterocycles. The number of carbonyl (C=O) groups excluding carboxylic acids is 1. The molecule has 0 aliphatic rings. The quantitative estimate of drug-likeness (QED) is 0.553. The first-order valence-corrected chi connectivity index (χ1v) is 10.4. The second-order valence-electron chi connectivity index (χ2n) is 5.57. The highest BCUT2D eigenvalue weighted by Gasteiger charge is 2.11. The summed E-state index contributed by atoms with van der Waals surface area (Å²) >= 11 is 1.31. The Labute approximate surface area is 160 Å². The molecule has 0 fully saturated rings. The van der Waals surface area contributed by atoms with Crippen molar-refractivity contribution in [2.24, 2.45) is 5.14 Å². The minimum atomic E-state index is -3.70. The van der Waals surface area contributed by atoms with Gasteiger partial charge in [-0.15, -0.1) is 11.3 Å². The maximum Gasteiger partial charge on any atom is 0.270 e. The predicted molar refractivity (Wildman–Crippen MR) is 103 cm³/mol. The normalized spacial score (nSPS) is 11.1. The van der Waals surface area contributed by atoms with Crippen molar-refractivity contribution < 1.29 is 13.2 Å². The molecule has 0 unspecified atom stereocenters. The van der Waals surface area contributed by atoms with Gasteiger partial charge in [0.15, 0.2) is 5.13 Å². The lowest BCUT2D eigenvalue weighted by molar-refractivity contribution is 0.0950. The Balaban J connectivity index is 1.51. The van der Waals surface area contributed by atoms with Crippen molar-refractivity contribution in [2.75, 3.05) is 11.9 Å². The van der Waals surface area contributed by atoms with Crippen molar-refractivity contribution in [3.05, 3.63) is 65.3 Å². The third-order valence-electron chi connectivity index (χ3n) is 3.59. The molecule has 1 amide bonds. The number of aromatic nitrogens is 2. The van der Waals surface area contributed by atoms with E-state index in [9.17, 15) is 13.2 Å². The fraction of sp³-hybridized carbons (Fsp3) is 0.118. The van der Waals surface area contributed by atoms with Crippen LogP contribution in [0, 0.1) is 0 Å². The summed E-state index contributed by atoms with van der Waals surface area (Å²) in [5.41, 5.74) is 1.21. The summed E-state index contributed by atoms with van der Waals surface area (Å²) in [4.78, 5) is 20.6. The lowest BCUT2D eigenvalue weighted by Gasteiger charge is -2.05. The van der Waals surface area contributed by atoms with Gasteiger partial charge >= 0.3 is 0 Å². The first-order chi connectivity index (χ1) is 12.9. The molecule has 0 spiro atoms. The van der Waals surface area contributed by atoms with Gasteiger partial charge in [0.25, 0.3) is 5.91 Å². The highest BCUT2D eigenvalue weighted by atomic mass is 32.2. The molecule has 8 nitrogen and oxygen atoms in total. The Kier molecular flexibility index (Phi) is 5.79. The number of hydrogen-bond donors (Lipinski definition) is 3. The highest BCUT2D eigenvalue weighted by molar-refractivity contribution is 7.89. The van der Waals surface area contributed by atoms with Gasteiger partial charge in [-0.3, -0.25) is 4.79 Å². The number of hydrogen-bond acceptors (Lipinski definition) is 7. The first kappa shape index (κ1) is 19.0. The third-order valence-corrected chi connectivity index (χ3v) is 5.27. The van der Waals surface area contributed by atoms with Gasteiger partial charge in [-0.05, 0) is 36.2 Å². The predicted octanol–water partition coefficient (Wildman–Crippen LogP) is 1.90. The first-order valence-electron chi connectivity index (χ1n) is 7.95. The zero-order chi connectivity index (χ0) is 19.3. The molecule has 0 saturated heterocycles. The number of pyridine rings is 1. The van der Waals surface area contributed by atoms with Gasteiger partial charge in [0.2, 0.25) is 10.0 Å². The van der Waals surface area contributed by atoms with Gasteiger partial charge in [-0.25, -0.2) is 23.5 Å². The van der Waals surface area contributed by atoms with Crippen molar-refractivity contribution in [3.63, 3.8) is 0 Å². The van der Waals surface area contributed by atoms with Gasteiger partial charge in [0, 0.05) is 18.1 Å². The van der Waals surface area contributed by atoms with Crippen LogP contribution in [0.2, 0.25) is 0 Å². The molecular formula is C17H17N5O3S2. The van der Waals surface area contributed by atoms with Crippen molar-refractivity contribution in [1.82, 2.24) is 15.3 Å². The lowest BCUT2D eigenvalue weighted by Crippen LogP contribution is -2.26. The summed E-state index contributed by atoms with van der Waals surface area (Å²) in [7, 11) is -3.70. The van der Waals surface area contributed by atoms with Crippen LogP contribution in [0.5, 0.6) is 0 Å². The summed E-state index contributed by atoms with van der Waals surface area (Å²) < 4.78 is 22.5. The molecule has 0 atom stereocenters. The average Bonchev–Trinajstić information content (AvgIpc) is 3.11. The van der Waals surface area contributed by atoms with Crippen LogP contribution >= 0.6 is 11.3 Å². The smallest absolute Gasteiger partial charge is 0.270 e. The minimum Gasteiger partial charge on any atom is -0.350 e. The van der Waals surface area contributed by atoms with Crippen molar-refractivity contribution in [1.29, 1.82) is 0 Å². The van der Waals surface area contributed by atoms with Crippen LogP contribution in [0.3, 0.4) is 0 Å². The van der Waals surface area contributed by atoms with Crippen molar-refractivity contribution in [3.8, 4) is 0 Å². The minimum absolute atomic E-state index is 0.0608. The monoisotopic (exact) mass is 403 g/mol. The van der Waals surface area contributed by atoms with Gasteiger partial charge in [-0.1, -0.05) is 18.2 Å². The van der Waals surface area contributed by atoms with Crippen LogP contribution in [-0.4, -0.2) is 30.8 Å². The molecule has 0 bridgehead atoms. The Morgan fingerprint density at radius 2 is 1.93 bits per heavy atom. The zero-order valence-corrected chi connectivity index (χ0v) is 15.8. The summed E-state index contributed by atoms with van der Waals surface area (Å²) in [6, 6.07) is 11.7. The van der Waals surface area contributed by atoms with E-state index in [1.807, 2.05) is 18.2 Å². The molecule has 3 aromatic rings. The second-order valence-corrected chi connectivity index (χ2v) is 7.99. The molecule has 27 heavy (non-hydrogen) atoms. The van der Waals surface area contributed by atoms with Crippen LogP contribution < -0.4 is 15.8 Å². The van der Waals surface area contributed by atoms with Gasteiger partial charge in [-0.2, -0.15) is 0 Å². The molecule has 2 heterocycles.